The lowest BCUT2D eigenvalue weighted by atomic mass is 9.87. The Bertz CT molecular complexity index is 155. The Balaban J connectivity index is 3.61. The van der Waals surface area contributed by atoms with Crippen molar-refractivity contribution in [3.05, 3.63) is 0 Å². The molecule has 0 rings (SSSR count). The number of rotatable bonds is 9. The maximum Gasteiger partial charge on any atom is 0.0701 e. The highest BCUT2D eigenvalue weighted by Crippen LogP contribution is 2.19. The fourth-order valence-corrected chi connectivity index (χ4v) is 1.43. The van der Waals surface area contributed by atoms with Gasteiger partial charge in [0.2, 0.25) is 0 Å². The van der Waals surface area contributed by atoms with E-state index >= 15 is 0 Å². The summed E-state index contributed by atoms with van der Waals surface area (Å²) in [5, 5.41) is 3.46. The second-order valence-corrected chi connectivity index (χ2v) is 5.16. The van der Waals surface area contributed by atoms with E-state index in [1.807, 2.05) is 0 Å². The van der Waals surface area contributed by atoms with Crippen molar-refractivity contribution in [3.8, 4) is 0 Å². The van der Waals surface area contributed by atoms with Crippen molar-refractivity contribution in [1.29, 1.82) is 0 Å². The van der Waals surface area contributed by atoms with Crippen molar-refractivity contribution in [2.45, 2.75) is 47.1 Å². The minimum absolute atomic E-state index is 0.236. The molecule has 0 aliphatic carbocycles. The summed E-state index contributed by atoms with van der Waals surface area (Å²) >= 11 is 0. The first-order valence-corrected chi connectivity index (χ1v) is 6.41. The number of likely N-dealkylation sites (N-methyl/N-ethyl adjacent to an activating group) is 1. The quantitative estimate of drug-likeness (QED) is 0.618. The molecule has 16 heavy (non-hydrogen) atoms. The van der Waals surface area contributed by atoms with E-state index in [0.29, 0.717) is 19.3 Å². The van der Waals surface area contributed by atoms with Crippen LogP contribution in [-0.4, -0.2) is 39.0 Å². The fraction of sp³-hybridized carbons (Fsp3) is 1.00. The van der Waals surface area contributed by atoms with Crippen LogP contribution in [0.2, 0.25) is 0 Å². The molecule has 0 aliphatic heterocycles. The van der Waals surface area contributed by atoms with E-state index < -0.39 is 0 Å². The molecule has 0 spiro atoms. The van der Waals surface area contributed by atoms with Crippen molar-refractivity contribution < 1.29 is 9.47 Å². The average molecular weight is 231 g/mol. The molecule has 98 valence electrons. The zero-order chi connectivity index (χ0) is 12.4. The summed E-state index contributed by atoms with van der Waals surface area (Å²) in [5.41, 5.74) is 0.236. The molecule has 0 fully saturated rings. The molecule has 0 heterocycles. The SMILES string of the molecule is CCCOCCOCC(NCC)C(C)(C)C. The van der Waals surface area contributed by atoms with Gasteiger partial charge in [-0.25, -0.2) is 0 Å². The van der Waals surface area contributed by atoms with Gasteiger partial charge in [0.25, 0.3) is 0 Å². The van der Waals surface area contributed by atoms with E-state index in [0.717, 1.165) is 26.2 Å². The summed E-state index contributed by atoms with van der Waals surface area (Å²) in [6, 6.07) is 0.406. The van der Waals surface area contributed by atoms with Crippen molar-refractivity contribution in [2.75, 3.05) is 33.0 Å². The van der Waals surface area contributed by atoms with Gasteiger partial charge in [0.15, 0.2) is 0 Å². The van der Waals surface area contributed by atoms with E-state index in [1.165, 1.54) is 0 Å². The van der Waals surface area contributed by atoms with Crippen LogP contribution in [0.3, 0.4) is 0 Å². The minimum Gasteiger partial charge on any atom is -0.379 e. The van der Waals surface area contributed by atoms with Gasteiger partial charge in [-0.05, 0) is 18.4 Å². The first kappa shape index (κ1) is 15.9. The predicted octanol–water partition coefficient (Wildman–Crippen LogP) is 2.45. The maximum atomic E-state index is 5.63. The molecule has 0 saturated heterocycles. The molecule has 0 aromatic heterocycles. The molecule has 0 aliphatic rings. The molecule has 0 bridgehead atoms. The lowest BCUT2D eigenvalue weighted by Gasteiger charge is -2.31. The Morgan fingerprint density at radius 3 is 2.12 bits per heavy atom. The van der Waals surface area contributed by atoms with Crippen LogP contribution < -0.4 is 5.32 Å². The van der Waals surface area contributed by atoms with Crippen LogP contribution in [0.1, 0.15) is 41.0 Å². The lowest BCUT2D eigenvalue weighted by molar-refractivity contribution is 0.0252. The van der Waals surface area contributed by atoms with Gasteiger partial charge in [-0.2, -0.15) is 0 Å². The molecule has 1 N–H and O–H groups in total. The van der Waals surface area contributed by atoms with Crippen LogP contribution in [0.5, 0.6) is 0 Å². The highest BCUT2D eigenvalue weighted by molar-refractivity contribution is 4.79. The largest absolute Gasteiger partial charge is 0.379 e. The van der Waals surface area contributed by atoms with Crippen LogP contribution in [0.25, 0.3) is 0 Å². The smallest absolute Gasteiger partial charge is 0.0701 e. The number of nitrogens with one attached hydrogen (secondary N) is 1. The van der Waals surface area contributed by atoms with Crippen molar-refractivity contribution >= 4 is 0 Å². The highest BCUT2D eigenvalue weighted by atomic mass is 16.5. The molecule has 3 heteroatoms. The second kappa shape index (κ2) is 8.97. The average Bonchev–Trinajstić information content (AvgIpc) is 2.20. The molecule has 0 saturated carbocycles. The fourth-order valence-electron chi connectivity index (χ4n) is 1.43. The molecule has 1 unspecified atom stereocenters. The highest BCUT2D eigenvalue weighted by Gasteiger charge is 2.23. The van der Waals surface area contributed by atoms with Gasteiger partial charge in [-0.1, -0.05) is 34.6 Å². The first-order chi connectivity index (χ1) is 7.52. The Kier molecular flexibility index (Phi) is 8.90. The molecule has 3 nitrogen and oxygen atoms in total. The van der Waals surface area contributed by atoms with Crippen molar-refractivity contribution in [2.24, 2.45) is 5.41 Å². The minimum atomic E-state index is 0.236. The Morgan fingerprint density at radius 1 is 1.00 bits per heavy atom. The van der Waals surface area contributed by atoms with Gasteiger partial charge >= 0.3 is 0 Å². The normalized spacial score (nSPS) is 14.1. The predicted molar refractivity (Wildman–Crippen MR) is 68.8 cm³/mol. The summed E-state index contributed by atoms with van der Waals surface area (Å²) in [5.74, 6) is 0. The van der Waals surface area contributed by atoms with Crippen molar-refractivity contribution in [3.63, 3.8) is 0 Å². The zero-order valence-corrected chi connectivity index (χ0v) is 11.6. The van der Waals surface area contributed by atoms with Crippen LogP contribution in [0.4, 0.5) is 0 Å². The summed E-state index contributed by atoms with van der Waals surface area (Å²) in [6.45, 7) is 14.9. The topological polar surface area (TPSA) is 30.5 Å². The Hall–Kier alpha value is -0.120. The van der Waals surface area contributed by atoms with Gasteiger partial charge in [0, 0.05) is 12.6 Å². The van der Waals surface area contributed by atoms with Gasteiger partial charge < -0.3 is 14.8 Å². The number of ether oxygens (including phenoxy) is 2. The van der Waals surface area contributed by atoms with Gasteiger partial charge in [0.1, 0.15) is 0 Å². The summed E-state index contributed by atoms with van der Waals surface area (Å²) in [4.78, 5) is 0. The third-order valence-corrected chi connectivity index (χ3v) is 2.50. The first-order valence-electron chi connectivity index (χ1n) is 6.41. The van der Waals surface area contributed by atoms with Gasteiger partial charge in [-0.3, -0.25) is 0 Å². The van der Waals surface area contributed by atoms with E-state index in [9.17, 15) is 0 Å². The molecular weight excluding hydrogens is 202 g/mol. The van der Waals surface area contributed by atoms with Gasteiger partial charge in [0.05, 0.1) is 19.8 Å². The zero-order valence-electron chi connectivity index (χ0n) is 11.6. The van der Waals surface area contributed by atoms with Crippen LogP contribution >= 0.6 is 0 Å². The number of hydrogen-bond acceptors (Lipinski definition) is 3. The molecular formula is C13H29NO2. The lowest BCUT2D eigenvalue weighted by Crippen LogP contribution is -2.43. The third-order valence-electron chi connectivity index (χ3n) is 2.50. The monoisotopic (exact) mass is 231 g/mol. The summed E-state index contributed by atoms with van der Waals surface area (Å²) in [7, 11) is 0. The van der Waals surface area contributed by atoms with Crippen LogP contribution in [0, 0.1) is 5.41 Å². The molecule has 0 amide bonds. The molecule has 0 aromatic carbocycles. The van der Waals surface area contributed by atoms with Gasteiger partial charge in [-0.15, -0.1) is 0 Å². The van der Waals surface area contributed by atoms with E-state index in [-0.39, 0.29) is 5.41 Å². The Labute approximate surface area is 101 Å². The molecule has 0 radical (unpaired) electrons. The molecule has 1 atom stereocenters. The van der Waals surface area contributed by atoms with Crippen molar-refractivity contribution in [1.82, 2.24) is 5.32 Å². The standard InChI is InChI=1S/C13H29NO2/c1-6-8-15-9-10-16-11-12(14-7-2)13(3,4)5/h12,14H,6-11H2,1-5H3. The van der Waals surface area contributed by atoms with Crippen LogP contribution in [-0.2, 0) is 9.47 Å². The second-order valence-electron chi connectivity index (χ2n) is 5.16. The summed E-state index contributed by atoms with van der Waals surface area (Å²) < 4.78 is 11.0. The van der Waals surface area contributed by atoms with E-state index in [1.54, 1.807) is 0 Å². The molecule has 0 aromatic rings. The number of hydrogen-bond donors (Lipinski definition) is 1. The summed E-state index contributed by atoms with van der Waals surface area (Å²) in [6.07, 6.45) is 1.07. The van der Waals surface area contributed by atoms with Crippen LogP contribution in [0.15, 0.2) is 0 Å². The maximum absolute atomic E-state index is 5.63. The van der Waals surface area contributed by atoms with E-state index in [2.05, 4.69) is 39.9 Å². The third kappa shape index (κ3) is 8.08. The Morgan fingerprint density at radius 2 is 1.62 bits per heavy atom. The van der Waals surface area contributed by atoms with E-state index in [4.69, 9.17) is 9.47 Å².